The quantitative estimate of drug-likeness (QED) is 0.0140. The maximum Gasteiger partial charge on any atom is 0.508 e. The van der Waals surface area contributed by atoms with E-state index in [1.165, 1.54) is 89.9 Å². The van der Waals surface area contributed by atoms with Crippen LogP contribution in [0.1, 0.15) is 292 Å². The number of unbranched alkanes of at least 4 members (excludes halogenated alkanes) is 25. The molecule has 16 nitrogen and oxygen atoms in total. The van der Waals surface area contributed by atoms with E-state index >= 15 is 0 Å². The van der Waals surface area contributed by atoms with Gasteiger partial charge in [-0.1, -0.05) is 208 Å². The van der Waals surface area contributed by atoms with E-state index in [2.05, 4.69) is 65.5 Å². The normalized spacial score (nSPS) is 15.1. The number of carbonyl (C=O) groups is 4. The van der Waals surface area contributed by atoms with Gasteiger partial charge in [0.25, 0.3) is 0 Å². The SMILES string of the molecule is CC/C=C\CCCCCCCC(=O)OCC(COC(CCC(=O)OCC(COC(=O)CCCCCCCC)COC(=O)OCCCN(CC)CC)OCCCCCCCC)COC1OC1CCC(OCCCCCCCC)OCCCCCCCC. The second-order valence-electron chi connectivity index (χ2n) is 23.9. The van der Waals surface area contributed by atoms with E-state index in [4.69, 9.17) is 52.1 Å². The molecule has 0 aromatic heterocycles. The van der Waals surface area contributed by atoms with Crippen LogP contribution >= 0.6 is 0 Å². The van der Waals surface area contributed by atoms with Gasteiger partial charge in [0.05, 0.1) is 38.8 Å². The van der Waals surface area contributed by atoms with Crippen molar-refractivity contribution < 1.29 is 71.3 Å². The van der Waals surface area contributed by atoms with Gasteiger partial charge >= 0.3 is 24.1 Å². The van der Waals surface area contributed by atoms with Crippen molar-refractivity contribution in [2.45, 2.75) is 317 Å². The van der Waals surface area contributed by atoms with Crippen molar-refractivity contribution in [3.05, 3.63) is 12.2 Å². The lowest BCUT2D eigenvalue weighted by Gasteiger charge is -2.23. The highest BCUT2D eigenvalue weighted by Gasteiger charge is 2.40. The Hall–Kier alpha value is -2.86. The van der Waals surface area contributed by atoms with Crippen molar-refractivity contribution in [2.75, 3.05) is 85.7 Å². The molecule has 0 saturated carbocycles. The Balaban J connectivity index is 3.07. The van der Waals surface area contributed by atoms with Crippen molar-refractivity contribution in [1.82, 2.24) is 4.90 Å². The van der Waals surface area contributed by atoms with Crippen molar-refractivity contribution in [2.24, 2.45) is 11.8 Å². The fraction of sp³-hybridized carbons (Fsp3) is 0.914. The van der Waals surface area contributed by atoms with E-state index in [-0.39, 0.29) is 89.3 Å². The minimum atomic E-state index is -0.821. The number of carbonyl (C=O) groups excluding carboxylic acids is 4. The van der Waals surface area contributed by atoms with Crippen LogP contribution in [0.3, 0.4) is 0 Å². The minimum absolute atomic E-state index is 0.0172. The van der Waals surface area contributed by atoms with Crippen LogP contribution in [0.15, 0.2) is 12.2 Å². The Morgan fingerprint density at radius 1 is 0.407 bits per heavy atom. The summed E-state index contributed by atoms with van der Waals surface area (Å²) >= 11 is 0. The summed E-state index contributed by atoms with van der Waals surface area (Å²) in [4.78, 5) is 54.2. The van der Waals surface area contributed by atoms with E-state index in [0.717, 1.165) is 135 Å². The molecule has 1 saturated heterocycles. The summed E-state index contributed by atoms with van der Waals surface area (Å²) in [5.74, 6) is -2.01. The van der Waals surface area contributed by atoms with Gasteiger partial charge in [0, 0.05) is 58.0 Å². The number of nitrogens with zero attached hydrogens (tertiary/aromatic N) is 1. The van der Waals surface area contributed by atoms with Gasteiger partial charge in [-0.05, 0) is 77.3 Å². The van der Waals surface area contributed by atoms with Crippen molar-refractivity contribution >= 4 is 24.1 Å². The molecule has 0 spiro atoms. The van der Waals surface area contributed by atoms with Crippen molar-refractivity contribution in [1.29, 1.82) is 0 Å². The second-order valence-corrected chi connectivity index (χ2v) is 23.9. The summed E-state index contributed by atoms with van der Waals surface area (Å²) in [7, 11) is 0. The third-order valence-electron chi connectivity index (χ3n) is 15.7. The Kier molecular flexibility index (Phi) is 57.6. The molecule has 5 atom stereocenters. The summed E-state index contributed by atoms with van der Waals surface area (Å²) in [5, 5.41) is 0. The van der Waals surface area contributed by atoms with Crippen molar-refractivity contribution in [3.63, 3.8) is 0 Å². The summed E-state index contributed by atoms with van der Waals surface area (Å²) in [6, 6.07) is 0. The average molecular weight is 1230 g/mol. The molecule has 1 aliphatic heterocycles. The molecule has 0 amide bonds. The highest BCUT2D eigenvalue weighted by Crippen LogP contribution is 2.30. The van der Waals surface area contributed by atoms with E-state index in [1.807, 2.05) is 0 Å². The molecule has 16 heteroatoms. The first-order valence-corrected chi connectivity index (χ1v) is 35.5. The van der Waals surface area contributed by atoms with E-state index in [1.54, 1.807) is 0 Å². The van der Waals surface area contributed by atoms with E-state index in [0.29, 0.717) is 45.5 Å². The number of ether oxygens (including phenoxy) is 11. The molecule has 506 valence electrons. The van der Waals surface area contributed by atoms with E-state index < -0.39 is 30.6 Å². The zero-order chi connectivity index (χ0) is 62.6. The molecule has 1 aliphatic rings. The van der Waals surface area contributed by atoms with Gasteiger partial charge in [0.2, 0.25) is 0 Å². The summed E-state index contributed by atoms with van der Waals surface area (Å²) in [6.45, 7) is 20.0. The molecule has 0 aromatic carbocycles. The summed E-state index contributed by atoms with van der Waals surface area (Å²) in [6.07, 6.45) is 39.6. The van der Waals surface area contributed by atoms with Crippen LogP contribution in [0.25, 0.3) is 0 Å². The summed E-state index contributed by atoms with van der Waals surface area (Å²) in [5.41, 5.74) is 0. The highest BCUT2D eigenvalue weighted by molar-refractivity contribution is 5.70. The Morgan fingerprint density at radius 2 is 0.837 bits per heavy atom. The molecule has 0 aromatic rings. The van der Waals surface area contributed by atoms with Crippen LogP contribution in [0.2, 0.25) is 0 Å². The summed E-state index contributed by atoms with van der Waals surface area (Å²) < 4.78 is 65.9. The Bertz CT molecular complexity index is 1550. The zero-order valence-corrected chi connectivity index (χ0v) is 56.3. The first-order chi connectivity index (χ1) is 42.1. The largest absolute Gasteiger partial charge is 0.508 e. The smallest absolute Gasteiger partial charge is 0.465 e. The molecule has 0 N–H and O–H groups in total. The lowest BCUT2D eigenvalue weighted by molar-refractivity contribution is -0.172. The first kappa shape index (κ1) is 81.2. The Morgan fingerprint density at radius 3 is 1.33 bits per heavy atom. The van der Waals surface area contributed by atoms with Gasteiger partial charge in [0.15, 0.2) is 18.9 Å². The number of hydrogen-bond acceptors (Lipinski definition) is 16. The molecule has 0 radical (unpaired) electrons. The maximum atomic E-state index is 13.5. The molecule has 1 fully saturated rings. The van der Waals surface area contributed by atoms with Gasteiger partial charge in [-0.25, -0.2) is 4.79 Å². The zero-order valence-electron chi connectivity index (χ0n) is 56.3. The van der Waals surface area contributed by atoms with Crippen LogP contribution in [0.5, 0.6) is 0 Å². The number of epoxide rings is 1. The minimum Gasteiger partial charge on any atom is -0.465 e. The topological polar surface area (TPSA) is 176 Å². The fourth-order valence-corrected chi connectivity index (χ4v) is 9.95. The van der Waals surface area contributed by atoms with Crippen LogP contribution in [-0.2, 0) is 66.5 Å². The lowest BCUT2D eigenvalue weighted by Crippen LogP contribution is -2.29. The van der Waals surface area contributed by atoms with Gasteiger partial charge in [0.1, 0.15) is 25.9 Å². The van der Waals surface area contributed by atoms with Crippen LogP contribution < -0.4 is 0 Å². The van der Waals surface area contributed by atoms with Gasteiger partial charge in [-0.3, -0.25) is 14.4 Å². The van der Waals surface area contributed by atoms with Crippen LogP contribution in [-0.4, -0.2) is 140 Å². The molecule has 0 bridgehead atoms. The van der Waals surface area contributed by atoms with Gasteiger partial charge in [-0.15, -0.1) is 0 Å². The van der Waals surface area contributed by atoms with Crippen LogP contribution in [0, 0.1) is 11.8 Å². The molecule has 5 unspecified atom stereocenters. The maximum absolute atomic E-state index is 13.5. The predicted octanol–water partition coefficient (Wildman–Crippen LogP) is 17.3. The fourth-order valence-electron chi connectivity index (χ4n) is 9.95. The average Bonchev–Trinajstić information content (AvgIpc) is 4.08. The molecule has 0 aliphatic carbocycles. The van der Waals surface area contributed by atoms with E-state index in [9.17, 15) is 19.2 Å². The second kappa shape index (κ2) is 61.0. The predicted molar refractivity (Wildman–Crippen MR) is 344 cm³/mol. The number of allylic oxidation sites excluding steroid dienone is 2. The van der Waals surface area contributed by atoms with Gasteiger partial charge in [-0.2, -0.15) is 0 Å². The Labute approximate surface area is 525 Å². The third-order valence-corrected chi connectivity index (χ3v) is 15.7. The third kappa shape index (κ3) is 52.0. The number of rotatable bonds is 66. The number of esters is 3. The monoisotopic (exact) mass is 1230 g/mol. The standard InChI is InChI=1S/C70H131NO15/c1-8-15-20-25-30-31-32-34-39-45-65(73)81-57-62(59-84-69-63(86-69)46-48-67(76-51-40-35-27-22-17-10-3)77-52-41-36-28-23-18-11-4)58-83-68(78-53-42-37-29-24-19-12-5)49-47-66(74)82-56-61(55-80-64(72)44-38-33-26-21-16-9-2)60-85-70(75)79-54-43-50-71(13-6)14-7/h15,20,61-63,67-69H,8-14,16-19,21-60H2,1-7H3/b20-15-. The highest BCUT2D eigenvalue weighted by atomic mass is 16.8. The van der Waals surface area contributed by atoms with Crippen molar-refractivity contribution in [3.8, 4) is 0 Å². The molecular weight excluding hydrogens is 1090 g/mol. The molecule has 1 heterocycles. The number of hydrogen-bond donors (Lipinski definition) is 0. The lowest BCUT2D eigenvalue weighted by atomic mass is 10.1. The first-order valence-electron chi connectivity index (χ1n) is 35.5. The van der Waals surface area contributed by atoms with Crippen LogP contribution in [0.4, 0.5) is 4.79 Å². The van der Waals surface area contributed by atoms with Gasteiger partial charge < -0.3 is 57.0 Å². The molecular formula is C70H131NO15. The molecule has 1 rings (SSSR count). The molecule has 86 heavy (non-hydrogen) atoms.